The largest absolute Gasteiger partial charge is 0.508 e. The summed E-state index contributed by atoms with van der Waals surface area (Å²) in [5, 5.41) is 9.42. The Morgan fingerprint density at radius 1 is 0.636 bits per heavy atom. The van der Waals surface area contributed by atoms with E-state index in [1.54, 1.807) is 23.9 Å². The number of aromatic hydroxyl groups is 1. The molecule has 0 aromatic heterocycles. The van der Waals surface area contributed by atoms with Crippen molar-refractivity contribution in [2.75, 3.05) is 0 Å². The predicted molar refractivity (Wildman–Crippen MR) is 141 cm³/mol. The van der Waals surface area contributed by atoms with Crippen LogP contribution in [-0.2, 0) is 0 Å². The van der Waals surface area contributed by atoms with Gasteiger partial charge in [0.15, 0.2) is 0 Å². The van der Waals surface area contributed by atoms with Gasteiger partial charge in [0.05, 0.1) is 0 Å². The Labute approximate surface area is 202 Å². The third-order valence-corrected chi connectivity index (χ3v) is 5.91. The normalized spacial score (nSPS) is 10.5. The summed E-state index contributed by atoms with van der Waals surface area (Å²) in [6.45, 7) is 8.67. The van der Waals surface area contributed by atoms with E-state index in [1.807, 2.05) is 48.5 Å². The summed E-state index contributed by atoms with van der Waals surface area (Å²) in [7, 11) is 0. The SMILES string of the molecule is CC(C)c1ccc(Sc2ccc(Oc3ccc(-c4ccc(O)cc4)cc3)cc2)cc1.CCC. The fourth-order valence-electron chi connectivity index (χ4n) is 3.14. The molecule has 0 fully saturated rings. The molecular formula is C30H32O2S. The zero-order valence-electron chi connectivity index (χ0n) is 19.8. The molecule has 0 aliphatic heterocycles. The molecule has 0 saturated heterocycles. The van der Waals surface area contributed by atoms with Gasteiger partial charge in [0.25, 0.3) is 0 Å². The number of ether oxygens (including phenoxy) is 1. The van der Waals surface area contributed by atoms with Crippen molar-refractivity contribution in [3.05, 3.63) is 103 Å². The first-order valence-electron chi connectivity index (χ1n) is 11.4. The number of phenols is 1. The maximum absolute atomic E-state index is 9.42. The number of hydrogen-bond acceptors (Lipinski definition) is 3. The van der Waals surface area contributed by atoms with E-state index in [1.165, 1.54) is 21.8 Å². The molecule has 170 valence electrons. The van der Waals surface area contributed by atoms with Crippen molar-refractivity contribution in [1.82, 2.24) is 0 Å². The Hall–Kier alpha value is -3.17. The third-order valence-electron chi connectivity index (χ3n) is 4.90. The van der Waals surface area contributed by atoms with Crippen molar-refractivity contribution in [2.24, 2.45) is 0 Å². The standard InChI is InChI=1S/C27H24O2S.C3H8/c1-19(2)20-7-15-26(16-8-20)30-27-17-13-25(14-18-27)29-24-11-5-22(6-12-24)21-3-9-23(28)10-4-21;1-3-2/h3-19,28H,1-2H3;3H2,1-2H3. The van der Waals surface area contributed by atoms with Crippen LogP contribution in [0.4, 0.5) is 0 Å². The van der Waals surface area contributed by atoms with E-state index in [0.717, 1.165) is 22.6 Å². The highest BCUT2D eigenvalue weighted by Crippen LogP contribution is 2.32. The molecule has 0 bridgehead atoms. The number of hydrogen-bond donors (Lipinski definition) is 1. The van der Waals surface area contributed by atoms with Gasteiger partial charge in [-0.1, -0.05) is 82.3 Å². The van der Waals surface area contributed by atoms with Gasteiger partial charge in [-0.2, -0.15) is 0 Å². The van der Waals surface area contributed by atoms with Gasteiger partial charge in [-0.25, -0.2) is 0 Å². The molecule has 0 aliphatic carbocycles. The highest BCUT2D eigenvalue weighted by Gasteiger charge is 2.03. The van der Waals surface area contributed by atoms with Crippen LogP contribution in [0.15, 0.2) is 107 Å². The van der Waals surface area contributed by atoms with E-state index < -0.39 is 0 Å². The minimum Gasteiger partial charge on any atom is -0.508 e. The third kappa shape index (κ3) is 7.44. The Morgan fingerprint density at radius 2 is 1.03 bits per heavy atom. The van der Waals surface area contributed by atoms with E-state index >= 15 is 0 Å². The summed E-state index contributed by atoms with van der Waals surface area (Å²) < 4.78 is 5.99. The summed E-state index contributed by atoms with van der Waals surface area (Å²) >= 11 is 1.75. The second-order valence-electron chi connectivity index (χ2n) is 8.18. The van der Waals surface area contributed by atoms with Gasteiger partial charge < -0.3 is 9.84 Å². The first-order valence-corrected chi connectivity index (χ1v) is 12.2. The molecule has 0 amide bonds. The molecule has 4 aromatic carbocycles. The number of rotatable bonds is 6. The van der Waals surface area contributed by atoms with Crippen molar-refractivity contribution in [1.29, 1.82) is 0 Å². The van der Waals surface area contributed by atoms with Crippen molar-refractivity contribution in [2.45, 2.75) is 49.8 Å². The van der Waals surface area contributed by atoms with Gasteiger partial charge in [-0.05, 0) is 83.3 Å². The van der Waals surface area contributed by atoms with Gasteiger partial charge in [0.1, 0.15) is 17.2 Å². The number of phenolic OH excluding ortho intramolecular Hbond substituents is 1. The van der Waals surface area contributed by atoms with Crippen LogP contribution >= 0.6 is 11.8 Å². The van der Waals surface area contributed by atoms with Crippen LogP contribution in [0.3, 0.4) is 0 Å². The molecule has 1 N–H and O–H groups in total. The Balaban J connectivity index is 0.000000968. The first kappa shape index (κ1) is 24.5. The molecule has 0 radical (unpaired) electrons. The zero-order chi connectivity index (χ0) is 23.6. The maximum atomic E-state index is 9.42. The molecule has 0 atom stereocenters. The molecule has 33 heavy (non-hydrogen) atoms. The van der Waals surface area contributed by atoms with E-state index in [4.69, 9.17) is 4.74 Å². The first-order chi connectivity index (χ1) is 16.0. The molecule has 0 saturated carbocycles. The van der Waals surface area contributed by atoms with Crippen LogP contribution in [0.5, 0.6) is 17.2 Å². The van der Waals surface area contributed by atoms with Crippen LogP contribution in [0.1, 0.15) is 45.6 Å². The van der Waals surface area contributed by atoms with E-state index in [9.17, 15) is 5.11 Å². The maximum Gasteiger partial charge on any atom is 0.127 e. The lowest BCUT2D eigenvalue weighted by Crippen LogP contribution is -1.86. The quantitative estimate of drug-likeness (QED) is 0.313. The van der Waals surface area contributed by atoms with Crippen LogP contribution in [0, 0.1) is 0 Å². The van der Waals surface area contributed by atoms with Gasteiger partial charge in [-0.3, -0.25) is 0 Å². The fraction of sp³-hybridized carbons (Fsp3) is 0.200. The van der Waals surface area contributed by atoms with Crippen molar-refractivity contribution in [3.8, 4) is 28.4 Å². The molecule has 3 heteroatoms. The minimum atomic E-state index is 0.271. The zero-order valence-corrected chi connectivity index (χ0v) is 20.6. The Morgan fingerprint density at radius 3 is 1.48 bits per heavy atom. The molecule has 0 unspecified atom stereocenters. The minimum absolute atomic E-state index is 0.271. The Kier molecular flexibility index (Phi) is 9.03. The van der Waals surface area contributed by atoms with Gasteiger partial charge >= 0.3 is 0 Å². The molecule has 0 spiro atoms. The van der Waals surface area contributed by atoms with Crippen LogP contribution in [0.25, 0.3) is 11.1 Å². The fourth-order valence-corrected chi connectivity index (χ4v) is 3.95. The summed E-state index contributed by atoms with van der Waals surface area (Å²) in [4.78, 5) is 2.42. The summed E-state index contributed by atoms with van der Waals surface area (Å²) in [5.41, 5.74) is 3.50. The van der Waals surface area contributed by atoms with Crippen molar-refractivity contribution in [3.63, 3.8) is 0 Å². The van der Waals surface area contributed by atoms with Crippen LogP contribution < -0.4 is 4.74 Å². The average molecular weight is 457 g/mol. The second-order valence-corrected chi connectivity index (χ2v) is 9.32. The molecule has 0 heterocycles. The summed E-state index contributed by atoms with van der Waals surface area (Å²) in [6, 6.07) is 32.1. The molecule has 0 aliphatic rings. The lowest BCUT2D eigenvalue weighted by molar-refractivity contribution is 0.475. The monoisotopic (exact) mass is 456 g/mol. The Bertz CT molecular complexity index is 1100. The van der Waals surface area contributed by atoms with Gasteiger partial charge in [0.2, 0.25) is 0 Å². The highest BCUT2D eigenvalue weighted by atomic mass is 32.2. The van der Waals surface area contributed by atoms with Crippen molar-refractivity contribution >= 4 is 11.8 Å². The highest BCUT2D eigenvalue weighted by molar-refractivity contribution is 7.99. The van der Waals surface area contributed by atoms with Gasteiger partial charge in [-0.15, -0.1) is 0 Å². The molecule has 4 rings (SSSR count). The second kappa shape index (κ2) is 12.2. The smallest absolute Gasteiger partial charge is 0.127 e. The number of benzene rings is 4. The summed E-state index contributed by atoms with van der Waals surface area (Å²) in [5.74, 6) is 2.43. The lowest BCUT2D eigenvalue weighted by atomic mass is 10.0. The summed E-state index contributed by atoms with van der Waals surface area (Å²) in [6.07, 6.45) is 1.25. The van der Waals surface area contributed by atoms with E-state index in [2.05, 4.69) is 64.1 Å². The van der Waals surface area contributed by atoms with Crippen LogP contribution in [0.2, 0.25) is 0 Å². The molecule has 2 nitrogen and oxygen atoms in total. The van der Waals surface area contributed by atoms with E-state index in [0.29, 0.717) is 5.92 Å². The van der Waals surface area contributed by atoms with Crippen LogP contribution in [-0.4, -0.2) is 5.11 Å². The topological polar surface area (TPSA) is 29.5 Å². The molecular weight excluding hydrogens is 424 g/mol. The van der Waals surface area contributed by atoms with E-state index in [-0.39, 0.29) is 5.75 Å². The average Bonchev–Trinajstić information content (AvgIpc) is 2.82. The van der Waals surface area contributed by atoms with Gasteiger partial charge in [0, 0.05) is 9.79 Å². The van der Waals surface area contributed by atoms with Crippen molar-refractivity contribution < 1.29 is 9.84 Å². The predicted octanol–water partition coefficient (Wildman–Crippen LogP) is 9.54. The molecule has 4 aromatic rings. The lowest BCUT2D eigenvalue weighted by Gasteiger charge is -2.09.